The van der Waals surface area contributed by atoms with Gasteiger partial charge >= 0.3 is 0 Å². The first-order valence-electron chi connectivity index (χ1n) is 3.30. The van der Waals surface area contributed by atoms with Gasteiger partial charge in [-0.05, 0) is 6.92 Å². The van der Waals surface area contributed by atoms with Gasteiger partial charge in [0.2, 0.25) is 0 Å². The Morgan fingerprint density at radius 2 is 2.40 bits per heavy atom. The molecule has 0 bridgehead atoms. The first kappa shape index (κ1) is 7.94. The highest BCUT2D eigenvalue weighted by atomic mass is 16.5. The summed E-state index contributed by atoms with van der Waals surface area (Å²) < 4.78 is 5.00. The van der Waals surface area contributed by atoms with Gasteiger partial charge in [0.1, 0.15) is 11.7 Å². The summed E-state index contributed by atoms with van der Waals surface area (Å²) in [6.45, 7) is 1.95. The molecular formula is C6H13NO3. The van der Waals surface area contributed by atoms with Crippen molar-refractivity contribution < 1.29 is 14.9 Å². The molecule has 4 nitrogen and oxygen atoms in total. The lowest BCUT2D eigenvalue weighted by Crippen LogP contribution is -2.43. The lowest BCUT2D eigenvalue weighted by atomic mass is 9.99. The largest absolute Gasteiger partial charge is 0.387 e. The smallest absolute Gasteiger partial charge is 0.113 e. The number of rotatable bonds is 1. The Labute approximate surface area is 59.6 Å². The fourth-order valence-electron chi connectivity index (χ4n) is 1.05. The van der Waals surface area contributed by atoms with Crippen LogP contribution in [-0.4, -0.2) is 41.2 Å². The van der Waals surface area contributed by atoms with Gasteiger partial charge in [-0.15, -0.1) is 0 Å². The Morgan fingerprint density at radius 3 is 2.60 bits per heavy atom. The van der Waals surface area contributed by atoms with Crippen LogP contribution in [0.5, 0.6) is 0 Å². The molecule has 1 saturated heterocycles. The third kappa shape index (κ3) is 1.15. The first-order chi connectivity index (χ1) is 4.58. The molecule has 60 valence electrons. The van der Waals surface area contributed by atoms with E-state index in [0.29, 0.717) is 0 Å². The van der Waals surface area contributed by atoms with Crippen LogP contribution < -0.4 is 5.73 Å². The van der Waals surface area contributed by atoms with Gasteiger partial charge in [0, 0.05) is 6.54 Å². The Balaban J connectivity index is 2.58. The molecule has 1 fully saturated rings. The molecule has 3 atom stereocenters. The van der Waals surface area contributed by atoms with Crippen LogP contribution >= 0.6 is 0 Å². The van der Waals surface area contributed by atoms with Crippen LogP contribution in [0.1, 0.15) is 6.92 Å². The minimum Gasteiger partial charge on any atom is -0.387 e. The molecule has 0 aromatic carbocycles. The van der Waals surface area contributed by atoms with E-state index in [1.54, 1.807) is 0 Å². The standard InChI is InChI=1S/C6H13NO3/c1-6(9)3-10-4(2-7)5(6)8/h4-5,8-9H,2-3,7H2,1H3/t4-,5-,6-/m1/s1. The Morgan fingerprint density at radius 1 is 1.80 bits per heavy atom. The second-order valence-corrected chi connectivity index (χ2v) is 2.89. The van der Waals surface area contributed by atoms with Crippen LogP contribution in [0.15, 0.2) is 0 Å². The fourth-order valence-corrected chi connectivity index (χ4v) is 1.05. The lowest BCUT2D eigenvalue weighted by molar-refractivity contribution is -0.0348. The van der Waals surface area contributed by atoms with Gasteiger partial charge in [-0.2, -0.15) is 0 Å². The van der Waals surface area contributed by atoms with Crippen LogP contribution in [0.4, 0.5) is 0 Å². The Kier molecular flexibility index (Phi) is 1.96. The molecule has 4 N–H and O–H groups in total. The summed E-state index contributed by atoms with van der Waals surface area (Å²) in [6.07, 6.45) is -1.26. The number of ether oxygens (including phenoxy) is 1. The maximum Gasteiger partial charge on any atom is 0.113 e. The van der Waals surface area contributed by atoms with Crippen molar-refractivity contribution in [2.45, 2.75) is 24.7 Å². The van der Waals surface area contributed by atoms with E-state index in [0.717, 1.165) is 0 Å². The summed E-state index contributed by atoms with van der Waals surface area (Å²) in [5.74, 6) is 0. The number of hydrogen-bond donors (Lipinski definition) is 3. The van der Waals surface area contributed by atoms with E-state index >= 15 is 0 Å². The molecule has 1 aliphatic rings. The Hall–Kier alpha value is -0.160. The zero-order chi connectivity index (χ0) is 7.78. The number of nitrogens with two attached hydrogens (primary N) is 1. The highest BCUT2D eigenvalue weighted by Crippen LogP contribution is 2.23. The molecule has 1 aliphatic heterocycles. The van der Waals surface area contributed by atoms with Crippen LogP contribution in [0, 0.1) is 0 Å². The summed E-state index contributed by atoms with van der Waals surface area (Å²) >= 11 is 0. The van der Waals surface area contributed by atoms with E-state index in [-0.39, 0.29) is 13.2 Å². The normalized spacial score (nSPS) is 48.0. The first-order valence-corrected chi connectivity index (χ1v) is 3.30. The van der Waals surface area contributed by atoms with Crippen LogP contribution in [0.2, 0.25) is 0 Å². The number of hydrogen-bond acceptors (Lipinski definition) is 4. The molecule has 0 unspecified atom stereocenters. The SMILES string of the molecule is C[C@@]1(O)CO[C@H](CN)[C@H]1O. The monoisotopic (exact) mass is 147 g/mol. The predicted molar refractivity (Wildman–Crippen MR) is 35.4 cm³/mol. The predicted octanol–water partition coefficient (Wildman–Crippen LogP) is -1.54. The summed E-state index contributed by atoms with van der Waals surface area (Å²) in [5.41, 5.74) is 4.13. The average molecular weight is 147 g/mol. The summed E-state index contributed by atoms with van der Waals surface area (Å²) in [6, 6.07) is 0. The van der Waals surface area contributed by atoms with Crippen molar-refractivity contribution in [3.8, 4) is 0 Å². The van der Waals surface area contributed by atoms with E-state index < -0.39 is 17.8 Å². The molecule has 0 saturated carbocycles. The third-order valence-electron chi connectivity index (χ3n) is 1.81. The molecule has 10 heavy (non-hydrogen) atoms. The number of aliphatic hydroxyl groups excluding tert-OH is 1. The van der Waals surface area contributed by atoms with Crippen molar-refractivity contribution in [3.05, 3.63) is 0 Å². The van der Waals surface area contributed by atoms with Gasteiger partial charge < -0.3 is 20.7 Å². The van der Waals surface area contributed by atoms with E-state index in [1.807, 2.05) is 0 Å². The summed E-state index contributed by atoms with van der Waals surface area (Å²) in [4.78, 5) is 0. The molecule has 0 aromatic rings. The molecule has 0 aliphatic carbocycles. The van der Waals surface area contributed by atoms with E-state index in [9.17, 15) is 10.2 Å². The molecular weight excluding hydrogens is 134 g/mol. The molecule has 1 rings (SSSR count). The Bertz CT molecular complexity index is 126. The van der Waals surface area contributed by atoms with Gasteiger partial charge in [-0.25, -0.2) is 0 Å². The topological polar surface area (TPSA) is 75.7 Å². The minimum atomic E-state index is -1.12. The zero-order valence-corrected chi connectivity index (χ0v) is 5.95. The van der Waals surface area contributed by atoms with Crippen LogP contribution in [-0.2, 0) is 4.74 Å². The zero-order valence-electron chi connectivity index (χ0n) is 5.95. The molecule has 0 aromatic heterocycles. The van der Waals surface area contributed by atoms with E-state index in [4.69, 9.17) is 10.5 Å². The van der Waals surface area contributed by atoms with Crippen molar-refractivity contribution in [2.75, 3.05) is 13.2 Å². The highest BCUT2D eigenvalue weighted by Gasteiger charge is 2.43. The molecule has 0 amide bonds. The van der Waals surface area contributed by atoms with Gasteiger partial charge in [0.05, 0.1) is 12.7 Å². The number of aliphatic hydroxyl groups is 2. The second-order valence-electron chi connectivity index (χ2n) is 2.89. The average Bonchev–Trinajstić information content (AvgIpc) is 2.10. The minimum absolute atomic E-state index is 0.163. The van der Waals surface area contributed by atoms with Crippen molar-refractivity contribution in [3.63, 3.8) is 0 Å². The maximum atomic E-state index is 9.33. The van der Waals surface area contributed by atoms with E-state index in [1.165, 1.54) is 6.92 Å². The maximum absolute atomic E-state index is 9.33. The quantitative estimate of drug-likeness (QED) is 0.420. The third-order valence-corrected chi connectivity index (χ3v) is 1.81. The summed E-state index contributed by atoms with van der Waals surface area (Å²) in [7, 11) is 0. The van der Waals surface area contributed by atoms with Crippen LogP contribution in [0.25, 0.3) is 0 Å². The van der Waals surface area contributed by atoms with Crippen LogP contribution in [0.3, 0.4) is 0 Å². The molecule has 0 spiro atoms. The second kappa shape index (κ2) is 2.47. The van der Waals surface area contributed by atoms with E-state index in [2.05, 4.69) is 0 Å². The van der Waals surface area contributed by atoms with Crippen molar-refractivity contribution in [1.29, 1.82) is 0 Å². The van der Waals surface area contributed by atoms with Gasteiger partial charge in [0.15, 0.2) is 0 Å². The van der Waals surface area contributed by atoms with Gasteiger partial charge in [0.25, 0.3) is 0 Å². The van der Waals surface area contributed by atoms with Gasteiger partial charge in [-0.1, -0.05) is 0 Å². The molecule has 1 heterocycles. The van der Waals surface area contributed by atoms with Crippen molar-refractivity contribution in [2.24, 2.45) is 5.73 Å². The highest BCUT2D eigenvalue weighted by molar-refractivity contribution is 4.93. The van der Waals surface area contributed by atoms with Gasteiger partial charge in [-0.3, -0.25) is 0 Å². The molecule has 0 radical (unpaired) electrons. The molecule has 4 heteroatoms. The fraction of sp³-hybridized carbons (Fsp3) is 1.00. The lowest BCUT2D eigenvalue weighted by Gasteiger charge is -2.20. The summed E-state index contributed by atoms with van der Waals surface area (Å²) in [5, 5.41) is 18.6. The van der Waals surface area contributed by atoms with Crippen molar-refractivity contribution >= 4 is 0 Å². The van der Waals surface area contributed by atoms with Crippen molar-refractivity contribution in [1.82, 2.24) is 0 Å².